The highest BCUT2D eigenvalue weighted by Crippen LogP contribution is 2.36. The third kappa shape index (κ3) is 5.13. The van der Waals surface area contributed by atoms with E-state index in [0.29, 0.717) is 20.3 Å². The molecule has 0 saturated heterocycles. The molecule has 0 amide bonds. The van der Waals surface area contributed by atoms with Gasteiger partial charge >= 0.3 is 11.9 Å². The molecule has 2 aromatic carbocycles. The van der Waals surface area contributed by atoms with Crippen molar-refractivity contribution in [1.82, 2.24) is 0 Å². The summed E-state index contributed by atoms with van der Waals surface area (Å²) in [4.78, 5) is 28.1. The van der Waals surface area contributed by atoms with E-state index in [1.807, 2.05) is 31.2 Å². The summed E-state index contributed by atoms with van der Waals surface area (Å²) in [6, 6.07) is 11.1. The van der Waals surface area contributed by atoms with Gasteiger partial charge in [0.1, 0.15) is 5.75 Å². The van der Waals surface area contributed by atoms with E-state index in [2.05, 4.69) is 36.9 Å². The number of hydrogen-bond donors (Lipinski definition) is 0. The number of ether oxygens (including phenoxy) is 3. The number of esters is 2. The van der Waals surface area contributed by atoms with E-state index in [0.717, 1.165) is 11.1 Å². The summed E-state index contributed by atoms with van der Waals surface area (Å²) in [5.41, 5.74) is 2.64. The van der Waals surface area contributed by atoms with Crippen molar-refractivity contribution in [1.29, 1.82) is 0 Å². The van der Waals surface area contributed by atoms with E-state index in [4.69, 9.17) is 14.2 Å². The largest absolute Gasteiger partial charge is 0.480 e. The Morgan fingerprint density at radius 1 is 1.21 bits per heavy atom. The second-order valence-electron chi connectivity index (χ2n) is 6.06. The molecule has 1 aliphatic rings. The van der Waals surface area contributed by atoms with Crippen LogP contribution < -0.4 is 4.74 Å². The van der Waals surface area contributed by atoms with Crippen molar-refractivity contribution in [2.75, 3.05) is 13.2 Å². The van der Waals surface area contributed by atoms with E-state index in [-0.39, 0.29) is 24.8 Å². The Labute approximate surface area is 184 Å². The van der Waals surface area contributed by atoms with Crippen molar-refractivity contribution >= 4 is 55.8 Å². The molecule has 0 aliphatic carbocycles. The van der Waals surface area contributed by atoms with Gasteiger partial charge in [-0.3, -0.25) is 0 Å². The first-order valence-electron chi connectivity index (χ1n) is 8.75. The van der Waals surface area contributed by atoms with Gasteiger partial charge in [-0.25, -0.2) is 14.6 Å². The molecule has 0 atom stereocenters. The Morgan fingerprint density at radius 3 is 2.55 bits per heavy atom. The third-order valence-corrected chi connectivity index (χ3v) is 5.14. The van der Waals surface area contributed by atoms with Gasteiger partial charge in [-0.1, -0.05) is 18.2 Å². The Morgan fingerprint density at radius 2 is 1.90 bits per heavy atom. The summed E-state index contributed by atoms with van der Waals surface area (Å²) in [5.74, 6) is -0.229. The molecule has 0 fully saturated rings. The third-order valence-electron chi connectivity index (χ3n) is 3.96. The van der Waals surface area contributed by atoms with E-state index < -0.39 is 11.9 Å². The molecule has 0 spiro atoms. The van der Waals surface area contributed by atoms with Gasteiger partial charge in [0.2, 0.25) is 5.90 Å². The first-order chi connectivity index (χ1) is 13.9. The second-order valence-corrected chi connectivity index (χ2v) is 7.77. The van der Waals surface area contributed by atoms with Crippen molar-refractivity contribution in [3.05, 3.63) is 67.7 Å². The molecular weight excluding hydrogens is 506 g/mol. The normalized spacial score (nSPS) is 14.6. The molecule has 29 heavy (non-hydrogen) atoms. The molecule has 6 nitrogen and oxygen atoms in total. The van der Waals surface area contributed by atoms with Gasteiger partial charge in [-0.05, 0) is 81.1 Å². The molecule has 0 N–H and O–H groups in total. The van der Waals surface area contributed by atoms with Gasteiger partial charge in [0, 0.05) is 5.56 Å². The number of halogens is 2. The smallest absolute Gasteiger partial charge is 0.363 e. The number of rotatable bonds is 6. The van der Waals surface area contributed by atoms with Crippen LogP contribution in [0.1, 0.15) is 23.6 Å². The first-order valence-corrected chi connectivity index (χ1v) is 10.3. The number of aryl methyl sites for hydroxylation is 1. The second kappa shape index (κ2) is 9.37. The van der Waals surface area contributed by atoms with Crippen LogP contribution >= 0.6 is 31.9 Å². The fourth-order valence-corrected chi connectivity index (χ4v) is 4.08. The number of nitrogens with zero attached hydrogens (tertiary/aromatic N) is 1. The molecular formula is C21H17Br2NO5. The molecule has 0 bridgehead atoms. The lowest BCUT2D eigenvalue weighted by Gasteiger charge is -2.10. The summed E-state index contributed by atoms with van der Waals surface area (Å²) in [5, 5.41) is 0. The number of carbonyl (C=O) groups is 2. The molecule has 8 heteroatoms. The summed E-state index contributed by atoms with van der Waals surface area (Å²) in [7, 11) is 0. The zero-order chi connectivity index (χ0) is 21.0. The van der Waals surface area contributed by atoms with Gasteiger partial charge in [0.15, 0.2) is 12.3 Å². The van der Waals surface area contributed by atoms with Crippen LogP contribution in [0.15, 0.2) is 56.0 Å². The molecule has 3 rings (SSSR count). The number of hydrogen-bond acceptors (Lipinski definition) is 6. The molecule has 0 aromatic heterocycles. The molecule has 1 aliphatic heterocycles. The summed E-state index contributed by atoms with van der Waals surface area (Å²) in [6.07, 6.45) is 1.62. The van der Waals surface area contributed by atoms with Crippen molar-refractivity contribution in [3.8, 4) is 5.75 Å². The van der Waals surface area contributed by atoms with Crippen molar-refractivity contribution < 1.29 is 23.8 Å². The highest BCUT2D eigenvalue weighted by molar-refractivity contribution is 9.11. The van der Waals surface area contributed by atoms with Crippen molar-refractivity contribution in [2.45, 2.75) is 13.8 Å². The monoisotopic (exact) mass is 521 g/mol. The summed E-state index contributed by atoms with van der Waals surface area (Å²) >= 11 is 6.84. The predicted octanol–water partition coefficient (Wildman–Crippen LogP) is 4.81. The lowest BCUT2D eigenvalue weighted by atomic mass is 10.1. The summed E-state index contributed by atoms with van der Waals surface area (Å²) < 4.78 is 16.9. The van der Waals surface area contributed by atoms with Gasteiger partial charge in [0.05, 0.1) is 15.6 Å². The van der Waals surface area contributed by atoms with Crippen LogP contribution in [0.2, 0.25) is 0 Å². The lowest BCUT2D eigenvalue weighted by molar-refractivity contribution is -0.145. The zero-order valence-corrected chi connectivity index (χ0v) is 18.9. The van der Waals surface area contributed by atoms with Crippen molar-refractivity contribution in [2.24, 2.45) is 4.99 Å². The molecule has 0 saturated carbocycles. The number of aliphatic imine (C=N–C) groups is 1. The predicted molar refractivity (Wildman–Crippen MR) is 116 cm³/mol. The highest BCUT2D eigenvalue weighted by Gasteiger charge is 2.25. The van der Waals surface area contributed by atoms with Crippen LogP contribution in [0.3, 0.4) is 0 Å². The SMILES string of the molecule is CCOC(=O)COc1c(Br)cc(/C=C2\N=C(c3ccccc3C)OC2=O)cc1Br. The Hall–Kier alpha value is -2.45. The summed E-state index contributed by atoms with van der Waals surface area (Å²) in [6.45, 7) is 3.74. The Balaban J connectivity index is 1.84. The van der Waals surface area contributed by atoms with E-state index in [1.165, 1.54) is 0 Å². The van der Waals surface area contributed by atoms with E-state index >= 15 is 0 Å². The van der Waals surface area contributed by atoms with Gasteiger partial charge in [-0.2, -0.15) is 0 Å². The van der Waals surface area contributed by atoms with Crippen molar-refractivity contribution in [3.63, 3.8) is 0 Å². The maximum atomic E-state index is 12.2. The maximum Gasteiger partial charge on any atom is 0.363 e. The van der Waals surface area contributed by atoms with Crippen LogP contribution in [0, 0.1) is 6.92 Å². The van der Waals surface area contributed by atoms with Gasteiger partial charge < -0.3 is 14.2 Å². The number of benzene rings is 2. The minimum Gasteiger partial charge on any atom is -0.480 e. The fourth-order valence-electron chi connectivity index (χ4n) is 2.63. The van der Waals surface area contributed by atoms with Gasteiger partial charge in [-0.15, -0.1) is 0 Å². The molecule has 2 aromatic rings. The Bertz CT molecular complexity index is 1010. The zero-order valence-electron chi connectivity index (χ0n) is 15.7. The molecule has 1 heterocycles. The van der Waals surface area contributed by atoms with Crippen LogP contribution in [0.4, 0.5) is 0 Å². The Kier molecular flexibility index (Phi) is 6.87. The maximum absolute atomic E-state index is 12.2. The lowest BCUT2D eigenvalue weighted by Crippen LogP contribution is -2.15. The fraction of sp³-hybridized carbons (Fsp3) is 0.190. The first kappa shape index (κ1) is 21.3. The number of carbonyl (C=O) groups excluding carboxylic acids is 2. The average molecular weight is 523 g/mol. The van der Waals surface area contributed by atoms with Gasteiger partial charge in [0.25, 0.3) is 0 Å². The standard InChI is InChI=1S/C21H17Br2NO5/c1-3-27-18(25)11-28-19-15(22)8-13(9-16(19)23)10-17-21(26)29-20(24-17)14-7-5-4-6-12(14)2/h4-10H,3,11H2,1-2H3/b17-10-. The highest BCUT2D eigenvalue weighted by atomic mass is 79.9. The quantitative estimate of drug-likeness (QED) is 0.402. The van der Waals surface area contributed by atoms with Crippen LogP contribution in [0.5, 0.6) is 5.75 Å². The van der Waals surface area contributed by atoms with Crippen LogP contribution in [-0.2, 0) is 19.1 Å². The average Bonchev–Trinajstić information content (AvgIpc) is 3.02. The minimum absolute atomic E-state index is 0.197. The molecule has 150 valence electrons. The topological polar surface area (TPSA) is 74.2 Å². The number of cyclic esters (lactones) is 1. The van der Waals surface area contributed by atoms with E-state index in [9.17, 15) is 9.59 Å². The minimum atomic E-state index is -0.516. The van der Waals surface area contributed by atoms with E-state index in [1.54, 1.807) is 25.1 Å². The molecule has 0 unspecified atom stereocenters. The molecule has 0 radical (unpaired) electrons. The van der Waals surface area contributed by atoms with Crippen LogP contribution in [-0.4, -0.2) is 31.1 Å². The van der Waals surface area contributed by atoms with Crippen LogP contribution in [0.25, 0.3) is 6.08 Å².